The van der Waals surface area contributed by atoms with Crippen molar-refractivity contribution in [3.05, 3.63) is 22.4 Å². The summed E-state index contributed by atoms with van der Waals surface area (Å²) in [5, 5.41) is 13.8. The Morgan fingerprint density at radius 2 is 2.47 bits per heavy atom. The van der Waals surface area contributed by atoms with Crippen molar-refractivity contribution in [2.75, 3.05) is 24.7 Å². The van der Waals surface area contributed by atoms with Gasteiger partial charge in [-0.1, -0.05) is 13.0 Å². The van der Waals surface area contributed by atoms with E-state index in [0.717, 1.165) is 12.2 Å². The number of carbonyl (C=O) groups is 1. The summed E-state index contributed by atoms with van der Waals surface area (Å²) in [7, 11) is 0. The quantitative estimate of drug-likeness (QED) is 0.759. The lowest BCUT2D eigenvalue weighted by atomic mass is 10.2. The highest BCUT2D eigenvalue weighted by Gasteiger charge is 2.04. The first-order valence-corrected chi connectivity index (χ1v) is 7.73. The molecule has 17 heavy (non-hydrogen) atoms. The van der Waals surface area contributed by atoms with Gasteiger partial charge in [0.1, 0.15) is 0 Å². The van der Waals surface area contributed by atoms with Crippen LogP contribution in [0.15, 0.2) is 17.5 Å². The van der Waals surface area contributed by atoms with Gasteiger partial charge in [-0.05, 0) is 29.5 Å². The van der Waals surface area contributed by atoms with E-state index in [0.29, 0.717) is 12.3 Å². The maximum absolute atomic E-state index is 11.5. The molecular weight excluding hydrogens is 254 g/mol. The van der Waals surface area contributed by atoms with Crippen LogP contribution in [0.5, 0.6) is 0 Å². The summed E-state index contributed by atoms with van der Waals surface area (Å²) in [6.45, 7) is 2.87. The summed E-state index contributed by atoms with van der Waals surface area (Å²) in [4.78, 5) is 12.7. The standard InChI is InChI=1S/C12H19NO2S2/c1-10(7-14)8-16-9-12(15)13-5-4-11-3-2-6-17-11/h2-3,6,10,14H,4-5,7-9H2,1H3,(H,13,15). The molecule has 0 aliphatic rings. The molecule has 0 saturated carbocycles. The van der Waals surface area contributed by atoms with E-state index in [1.165, 1.54) is 4.88 Å². The number of amides is 1. The number of hydrogen-bond acceptors (Lipinski definition) is 4. The fourth-order valence-electron chi connectivity index (χ4n) is 1.24. The maximum Gasteiger partial charge on any atom is 0.230 e. The lowest BCUT2D eigenvalue weighted by molar-refractivity contribution is -0.118. The predicted octanol–water partition coefficient (Wildman–Crippen LogP) is 1.77. The second kappa shape index (κ2) is 8.55. The van der Waals surface area contributed by atoms with Crippen LogP contribution in [0.3, 0.4) is 0 Å². The molecule has 0 aliphatic carbocycles. The fraction of sp³-hybridized carbons (Fsp3) is 0.583. The topological polar surface area (TPSA) is 49.3 Å². The Bertz CT molecular complexity index is 314. The third-order valence-corrected chi connectivity index (χ3v) is 4.43. The van der Waals surface area contributed by atoms with Crippen molar-refractivity contribution in [2.24, 2.45) is 5.92 Å². The molecule has 1 atom stereocenters. The van der Waals surface area contributed by atoms with Crippen LogP contribution in [0.4, 0.5) is 0 Å². The highest BCUT2D eigenvalue weighted by Crippen LogP contribution is 2.09. The zero-order valence-electron chi connectivity index (χ0n) is 10.0. The zero-order chi connectivity index (χ0) is 12.5. The minimum atomic E-state index is 0.0803. The summed E-state index contributed by atoms with van der Waals surface area (Å²) >= 11 is 3.29. The Balaban J connectivity index is 2.01. The molecule has 0 bridgehead atoms. The number of carbonyl (C=O) groups excluding carboxylic acids is 1. The summed E-state index contributed by atoms with van der Waals surface area (Å²) in [5.41, 5.74) is 0. The Hall–Kier alpha value is -0.520. The molecule has 1 unspecified atom stereocenters. The van der Waals surface area contributed by atoms with Gasteiger partial charge >= 0.3 is 0 Å². The number of thioether (sulfide) groups is 1. The van der Waals surface area contributed by atoms with E-state index in [1.54, 1.807) is 23.1 Å². The number of aliphatic hydroxyl groups is 1. The minimum Gasteiger partial charge on any atom is -0.396 e. The van der Waals surface area contributed by atoms with Crippen LogP contribution in [0.25, 0.3) is 0 Å². The molecule has 1 aromatic rings. The van der Waals surface area contributed by atoms with Crippen molar-refractivity contribution in [2.45, 2.75) is 13.3 Å². The molecule has 3 nitrogen and oxygen atoms in total. The van der Waals surface area contributed by atoms with Crippen molar-refractivity contribution >= 4 is 29.0 Å². The van der Waals surface area contributed by atoms with Crippen LogP contribution in [0, 0.1) is 5.92 Å². The highest BCUT2D eigenvalue weighted by molar-refractivity contribution is 7.99. The monoisotopic (exact) mass is 273 g/mol. The van der Waals surface area contributed by atoms with Crippen LogP contribution < -0.4 is 5.32 Å². The largest absolute Gasteiger partial charge is 0.396 e. The molecule has 1 aromatic heterocycles. The van der Waals surface area contributed by atoms with Crippen LogP contribution in [-0.2, 0) is 11.2 Å². The molecule has 0 aliphatic heterocycles. The normalized spacial score (nSPS) is 12.4. The third kappa shape index (κ3) is 6.71. The Kier molecular flexibility index (Phi) is 7.32. The fourth-order valence-corrected chi connectivity index (χ4v) is 2.86. The summed E-state index contributed by atoms with van der Waals surface area (Å²) in [6.07, 6.45) is 0.904. The van der Waals surface area contributed by atoms with Gasteiger partial charge in [-0.15, -0.1) is 11.3 Å². The molecule has 96 valence electrons. The summed E-state index contributed by atoms with van der Waals surface area (Å²) < 4.78 is 0. The number of nitrogens with one attached hydrogen (secondary N) is 1. The van der Waals surface area contributed by atoms with E-state index >= 15 is 0 Å². The lowest BCUT2D eigenvalue weighted by Crippen LogP contribution is -2.27. The first kappa shape index (κ1) is 14.5. The molecule has 0 radical (unpaired) electrons. The number of hydrogen-bond donors (Lipinski definition) is 2. The summed E-state index contributed by atoms with van der Waals surface area (Å²) in [5.74, 6) is 1.65. The molecule has 0 fully saturated rings. The summed E-state index contributed by atoms with van der Waals surface area (Å²) in [6, 6.07) is 4.10. The van der Waals surface area contributed by atoms with Crippen molar-refractivity contribution in [3.8, 4) is 0 Å². The molecule has 1 amide bonds. The van der Waals surface area contributed by atoms with Gasteiger partial charge in [0.2, 0.25) is 5.91 Å². The molecule has 5 heteroatoms. The first-order valence-electron chi connectivity index (χ1n) is 5.70. The molecular formula is C12H19NO2S2. The maximum atomic E-state index is 11.5. The zero-order valence-corrected chi connectivity index (χ0v) is 11.6. The van der Waals surface area contributed by atoms with Gasteiger partial charge in [0.25, 0.3) is 0 Å². The van der Waals surface area contributed by atoms with Crippen LogP contribution in [0.1, 0.15) is 11.8 Å². The van der Waals surface area contributed by atoms with Crippen LogP contribution in [0.2, 0.25) is 0 Å². The van der Waals surface area contributed by atoms with Gasteiger partial charge in [-0.3, -0.25) is 4.79 Å². The van der Waals surface area contributed by atoms with E-state index in [9.17, 15) is 4.79 Å². The van der Waals surface area contributed by atoms with Crippen molar-refractivity contribution in [3.63, 3.8) is 0 Å². The van der Waals surface area contributed by atoms with Gasteiger partial charge in [-0.2, -0.15) is 11.8 Å². The number of rotatable bonds is 8. The van der Waals surface area contributed by atoms with E-state index in [2.05, 4.69) is 11.4 Å². The Morgan fingerprint density at radius 1 is 1.65 bits per heavy atom. The minimum absolute atomic E-state index is 0.0803. The van der Waals surface area contributed by atoms with E-state index in [1.807, 2.05) is 18.4 Å². The van der Waals surface area contributed by atoms with Gasteiger partial charge < -0.3 is 10.4 Å². The molecule has 0 aromatic carbocycles. The smallest absolute Gasteiger partial charge is 0.230 e. The van der Waals surface area contributed by atoms with E-state index < -0.39 is 0 Å². The molecule has 0 saturated heterocycles. The lowest BCUT2D eigenvalue weighted by Gasteiger charge is -2.07. The SMILES string of the molecule is CC(CO)CSCC(=O)NCCc1cccs1. The van der Waals surface area contributed by atoms with E-state index in [-0.39, 0.29) is 18.4 Å². The van der Waals surface area contributed by atoms with Crippen molar-refractivity contribution in [1.82, 2.24) is 5.32 Å². The average Bonchev–Trinajstić information content (AvgIpc) is 2.82. The molecule has 1 heterocycles. The number of aliphatic hydroxyl groups excluding tert-OH is 1. The van der Waals surface area contributed by atoms with Crippen LogP contribution in [-0.4, -0.2) is 35.7 Å². The second-order valence-electron chi connectivity index (χ2n) is 3.98. The van der Waals surface area contributed by atoms with Gasteiger partial charge in [0.05, 0.1) is 5.75 Å². The average molecular weight is 273 g/mol. The Labute approximate surface area is 111 Å². The highest BCUT2D eigenvalue weighted by atomic mass is 32.2. The van der Waals surface area contributed by atoms with Crippen molar-refractivity contribution < 1.29 is 9.90 Å². The first-order chi connectivity index (χ1) is 8.22. The second-order valence-corrected chi connectivity index (χ2v) is 6.04. The van der Waals surface area contributed by atoms with Gasteiger partial charge in [-0.25, -0.2) is 0 Å². The third-order valence-electron chi connectivity index (χ3n) is 2.22. The van der Waals surface area contributed by atoms with E-state index in [4.69, 9.17) is 5.11 Å². The van der Waals surface area contributed by atoms with Crippen molar-refractivity contribution in [1.29, 1.82) is 0 Å². The van der Waals surface area contributed by atoms with Gasteiger partial charge in [0.15, 0.2) is 0 Å². The van der Waals surface area contributed by atoms with Crippen LogP contribution >= 0.6 is 23.1 Å². The molecule has 2 N–H and O–H groups in total. The molecule has 0 spiro atoms. The predicted molar refractivity (Wildman–Crippen MR) is 74.6 cm³/mol. The molecule has 1 rings (SSSR count). The number of thiophene rings is 1. The Morgan fingerprint density at radius 3 is 3.12 bits per heavy atom. The van der Waals surface area contributed by atoms with Gasteiger partial charge in [0, 0.05) is 18.0 Å².